The molecule has 0 aliphatic heterocycles. The van der Waals surface area contributed by atoms with E-state index < -0.39 is 5.41 Å². The highest BCUT2D eigenvalue weighted by Crippen LogP contribution is 2.51. The smallest absolute Gasteiger partial charge is 0.232 e. The van der Waals surface area contributed by atoms with Crippen LogP contribution in [0.1, 0.15) is 36.5 Å². The van der Waals surface area contributed by atoms with Crippen LogP contribution in [0.4, 0.5) is 0 Å². The topological polar surface area (TPSA) is 43.1 Å². The minimum absolute atomic E-state index is 0.283. The van der Waals surface area contributed by atoms with Crippen LogP contribution >= 0.6 is 0 Å². The predicted octanol–water partition coefficient (Wildman–Crippen LogP) is 4.41. The third-order valence-electron chi connectivity index (χ3n) is 5.07. The summed E-state index contributed by atoms with van der Waals surface area (Å²) >= 11 is 0. The first-order chi connectivity index (χ1) is 11.6. The number of allylic oxidation sites excluding steroid dienone is 2. The van der Waals surface area contributed by atoms with Gasteiger partial charge in [0.05, 0.1) is 5.41 Å². The molecule has 0 aromatic heterocycles. The summed E-state index contributed by atoms with van der Waals surface area (Å²) in [6.07, 6.45) is 4.52. The highest BCUT2D eigenvalue weighted by atomic mass is 16.1. The van der Waals surface area contributed by atoms with Crippen LogP contribution in [0, 0.1) is 0 Å². The van der Waals surface area contributed by atoms with Crippen molar-refractivity contribution in [3.63, 3.8) is 0 Å². The average molecular weight is 317 g/mol. The highest BCUT2D eigenvalue weighted by molar-refractivity contribution is 6.03. The molecule has 122 valence electrons. The van der Waals surface area contributed by atoms with Crippen molar-refractivity contribution in [1.29, 1.82) is 0 Å². The third-order valence-corrected chi connectivity index (χ3v) is 5.07. The van der Waals surface area contributed by atoms with Crippen molar-refractivity contribution in [2.24, 2.45) is 5.73 Å². The first-order valence-corrected chi connectivity index (χ1v) is 8.41. The Labute approximate surface area is 143 Å². The molecule has 1 unspecified atom stereocenters. The van der Waals surface area contributed by atoms with Crippen molar-refractivity contribution < 1.29 is 4.79 Å². The summed E-state index contributed by atoms with van der Waals surface area (Å²) in [5.41, 5.74) is 10.4. The van der Waals surface area contributed by atoms with E-state index in [9.17, 15) is 4.79 Å². The molecule has 0 bridgehead atoms. The molecule has 2 aromatic rings. The van der Waals surface area contributed by atoms with Crippen molar-refractivity contribution in [1.82, 2.24) is 0 Å². The van der Waals surface area contributed by atoms with Gasteiger partial charge in [0.2, 0.25) is 5.91 Å². The maximum Gasteiger partial charge on any atom is 0.232 e. The van der Waals surface area contributed by atoms with Gasteiger partial charge in [-0.05, 0) is 54.0 Å². The monoisotopic (exact) mass is 317 g/mol. The van der Waals surface area contributed by atoms with Gasteiger partial charge in [0.15, 0.2) is 0 Å². The number of hydrogen-bond donors (Lipinski definition) is 1. The molecule has 0 spiro atoms. The Morgan fingerprint density at radius 2 is 1.79 bits per heavy atom. The largest absolute Gasteiger partial charge is 0.369 e. The van der Waals surface area contributed by atoms with E-state index in [1.807, 2.05) is 55.5 Å². The van der Waals surface area contributed by atoms with Crippen LogP contribution < -0.4 is 5.73 Å². The predicted molar refractivity (Wildman–Crippen MR) is 99.5 cm³/mol. The maximum absolute atomic E-state index is 12.6. The lowest BCUT2D eigenvalue weighted by Gasteiger charge is -2.29. The fourth-order valence-corrected chi connectivity index (χ4v) is 3.95. The van der Waals surface area contributed by atoms with Crippen molar-refractivity contribution in [2.45, 2.75) is 31.6 Å². The van der Waals surface area contributed by atoms with Gasteiger partial charge in [-0.25, -0.2) is 0 Å². The standard InChI is InChI=1S/C22H23NO/c1-3-19-16(2)18-13-7-8-14-20(18)22(19,21(23)24)15-9-12-17-10-5-4-6-11-17/h3-8,10-11,13-14H,2,9,12,15H2,1H3,(H2,23,24)/b19-3+. The van der Waals surface area contributed by atoms with Gasteiger partial charge >= 0.3 is 0 Å². The number of hydrogen-bond acceptors (Lipinski definition) is 1. The third kappa shape index (κ3) is 2.48. The van der Waals surface area contributed by atoms with E-state index in [1.54, 1.807) is 0 Å². The Hall–Kier alpha value is -2.61. The zero-order valence-electron chi connectivity index (χ0n) is 14.1. The number of primary amides is 1. The zero-order valence-corrected chi connectivity index (χ0v) is 14.1. The Kier molecular flexibility index (Phi) is 4.39. The number of fused-ring (bicyclic) bond motifs is 1. The molecule has 1 amide bonds. The van der Waals surface area contributed by atoms with Gasteiger partial charge in [-0.1, -0.05) is 67.3 Å². The van der Waals surface area contributed by atoms with Crippen LogP contribution in [0.5, 0.6) is 0 Å². The number of nitrogens with two attached hydrogens (primary N) is 1. The van der Waals surface area contributed by atoms with E-state index in [2.05, 4.69) is 18.7 Å². The van der Waals surface area contributed by atoms with E-state index in [0.717, 1.165) is 35.1 Å². The molecular weight excluding hydrogens is 294 g/mol. The molecule has 2 aromatic carbocycles. The van der Waals surface area contributed by atoms with Crippen LogP contribution in [0.25, 0.3) is 5.57 Å². The number of aryl methyl sites for hydroxylation is 1. The molecule has 2 nitrogen and oxygen atoms in total. The van der Waals surface area contributed by atoms with Crippen LogP contribution in [0.3, 0.4) is 0 Å². The molecule has 1 atom stereocenters. The first-order valence-electron chi connectivity index (χ1n) is 8.41. The van der Waals surface area contributed by atoms with Crippen molar-refractivity contribution in [3.8, 4) is 0 Å². The van der Waals surface area contributed by atoms with Gasteiger partial charge in [-0.15, -0.1) is 0 Å². The molecule has 24 heavy (non-hydrogen) atoms. The fraction of sp³-hybridized carbons (Fsp3) is 0.227. The quantitative estimate of drug-likeness (QED) is 0.872. The average Bonchev–Trinajstić information content (AvgIpc) is 2.85. The summed E-state index contributed by atoms with van der Waals surface area (Å²) in [6, 6.07) is 18.4. The molecular formula is C22H23NO. The van der Waals surface area contributed by atoms with E-state index in [1.165, 1.54) is 5.56 Å². The normalized spacial score (nSPS) is 21.0. The van der Waals surface area contributed by atoms with Crippen LogP contribution in [-0.2, 0) is 16.6 Å². The molecule has 0 saturated carbocycles. The second-order valence-corrected chi connectivity index (χ2v) is 6.34. The molecule has 1 aliphatic carbocycles. The SMILES string of the molecule is C=C1/C(=C\C)C(CCCc2ccccc2)(C(N)=O)c2ccccc21. The lowest BCUT2D eigenvalue weighted by atomic mass is 9.73. The number of carbonyl (C=O) groups is 1. The zero-order chi connectivity index (χ0) is 17.2. The van der Waals surface area contributed by atoms with Crippen molar-refractivity contribution >= 4 is 11.5 Å². The van der Waals surface area contributed by atoms with Gasteiger partial charge in [0, 0.05) is 0 Å². The maximum atomic E-state index is 12.6. The van der Waals surface area contributed by atoms with E-state index in [0.29, 0.717) is 6.42 Å². The van der Waals surface area contributed by atoms with Gasteiger partial charge in [0.1, 0.15) is 0 Å². The van der Waals surface area contributed by atoms with Crippen LogP contribution in [0.2, 0.25) is 0 Å². The lowest BCUT2D eigenvalue weighted by Crippen LogP contribution is -2.41. The summed E-state index contributed by atoms with van der Waals surface area (Å²) in [7, 11) is 0. The molecule has 0 heterocycles. The van der Waals surface area contributed by atoms with Gasteiger partial charge in [-0.2, -0.15) is 0 Å². The summed E-state index contributed by atoms with van der Waals surface area (Å²) in [4.78, 5) is 12.6. The number of benzene rings is 2. The molecule has 3 rings (SSSR count). The second-order valence-electron chi connectivity index (χ2n) is 6.34. The molecule has 0 saturated heterocycles. The number of rotatable bonds is 5. The van der Waals surface area contributed by atoms with Gasteiger partial charge in [0.25, 0.3) is 0 Å². The Bertz CT molecular complexity index is 804. The summed E-state index contributed by atoms with van der Waals surface area (Å²) in [6.45, 7) is 6.18. The summed E-state index contributed by atoms with van der Waals surface area (Å²) < 4.78 is 0. The summed E-state index contributed by atoms with van der Waals surface area (Å²) in [5, 5.41) is 0. The highest BCUT2D eigenvalue weighted by Gasteiger charge is 2.48. The van der Waals surface area contributed by atoms with Crippen molar-refractivity contribution in [3.05, 3.63) is 89.5 Å². The second kappa shape index (κ2) is 6.48. The molecule has 1 aliphatic rings. The number of amides is 1. The molecule has 2 N–H and O–H groups in total. The lowest BCUT2D eigenvalue weighted by molar-refractivity contribution is -0.122. The van der Waals surface area contributed by atoms with Gasteiger partial charge < -0.3 is 5.73 Å². The van der Waals surface area contributed by atoms with E-state index in [-0.39, 0.29) is 5.91 Å². The molecule has 0 fully saturated rings. The molecule has 0 radical (unpaired) electrons. The van der Waals surface area contributed by atoms with Gasteiger partial charge in [-0.3, -0.25) is 4.79 Å². The Morgan fingerprint density at radius 3 is 2.46 bits per heavy atom. The van der Waals surface area contributed by atoms with Crippen molar-refractivity contribution in [2.75, 3.05) is 0 Å². The van der Waals surface area contributed by atoms with E-state index in [4.69, 9.17) is 5.73 Å². The molecule has 2 heteroatoms. The summed E-state index contributed by atoms with van der Waals surface area (Å²) in [5.74, 6) is -0.283. The van der Waals surface area contributed by atoms with Crippen LogP contribution in [-0.4, -0.2) is 5.91 Å². The number of carbonyl (C=O) groups excluding carboxylic acids is 1. The minimum atomic E-state index is -0.753. The van der Waals surface area contributed by atoms with E-state index >= 15 is 0 Å². The van der Waals surface area contributed by atoms with Crippen LogP contribution in [0.15, 0.2) is 72.8 Å². The Morgan fingerprint density at radius 1 is 1.12 bits per heavy atom. The Balaban J connectivity index is 1.96. The first kappa shape index (κ1) is 16.3. The fourth-order valence-electron chi connectivity index (χ4n) is 3.95. The minimum Gasteiger partial charge on any atom is -0.369 e.